The Morgan fingerprint density at radius 3 is 2.89 bits per heavy atom. The Hall–Kier alpha value is -2.22. The predicted molar refractivity (Wildman–Crippen MR) is 68.1 cm³/mol. The third-order valence-electron chi connectivity index (χ3n) is 2.34. The van der Waals surface area contributed by atoms with Crippen molar-refractivity contribution in [1.82, 2.24) is 10.6 Å². The van der Waals surface area contributed by atoms with E-state index in [1.807, 2.05) is 37.3 Å². The predicted octanol–water partition coefficient (Wildman–Crippen LogP) is 1.80. The van der Waals surface area contributed by atoms with Gasteiger partial charge in [-0.1, -0.05) is 25.1 Å². The molecule has 0 bridgehead atoms. The number of carbonyl (C=O) groups excluding carboxylic acids is 1. The third kappa shape index (κ3) is 4.74. The maximum absolute atomic E-state index is 11.3. The van der Waals surface area contributed by atoms with Gasteiger partial charge in [0.25, 0.3) is 0 Å². The van der Waals surface area contributed by atoms with Gasteiger partial charge in [-0.15, -0.1) is 0 Å². The van der Waals surface area contributed by atoms with Crippen molar-refractivity contribution in [2.45, 2.75) is 19.8 Å². The molecule has 0 saturated heterocycles. The van der Waals surface area contributed by atoms with Crippen LogP contribution in [0.25, 0.3) is 0 Å². The van der Waals surface area contributed by atoms with E-state index in [4.69, 9.17) is 10.00 Å². The molecule has 96 valence electrons. The number of hydrogen-bond acceptors (Lipinski definition) is 3. The van der Waals surface area contributed by atoms with Crippen molar-refractivity contribution >= 4 is 6.03 Å². The van der Waals surface area contributed by atoms with Crippen LogP contribution in [0, 0.1) is 11.3 Å². The maximum atomic E-state index is 11.3. The smallest absolute Gasteiger partial charge is 0.317 e. The molecule has 0 heterocycles. The topological polar surface area (TPSA) is 74.2 Å². The van der Waals surface area contributed by atoms with E-state index in [2.05, 4.69) is 10.6 Å². The van der Waals surface area contributed by atoms with Crippen LogP contribution in [0.15, 0.2) is 24.3 Å². The normalized spacial score (nSPS) is 9.33. The number of nitrogens with zero attached hydrogens (tertiary/aromatic N) is 1. The Kier molecular flexibility index (Phi) is 6.12. The lowest BCUT2D eigenvalue weighted by Crippen LogP contribution is -2.38. The first-order chi connectivity index (χ1) is 8.77. The van der Waals surface area contributed by atoms with Crippen LogP contribution in [0.2, 0.25) is 0 Å². The second kappa shape index (κ2) is 7.96. The van der Waals surface area contributed by atoms with Crippen LogP contribution < -0.4 is 15.4 Å². The minimum Gasteiger partial charge on any atom is -0.473 e. The molecule has 0 aromatic heterocycles. The van der Waals surface area contributed by atoms with Crippen LogP contribution >= 0.6 is 0 Å². The van der Waals surface area contributed by atoms with E-state index in [1.54, 1.807) is 0 Å². The zero-order valence-electron chi connectivity index (χ0n) is 10.4. The average molecular weight is 247 g/mol. The van der Waals surface area contributed by atoms with Gasteiger partial charge in [-0.2, -0.15) is 5.26 Å². The van der Waals surface area contributed by atoms with Crippen LogP contribution in [0.1, 0.15) is 18.9 Å². The molecule has 0 saturated carbocycles. The van der Waals surface area contributed by atoms with Gasteiger partial charge >= 0.3 is 6.03 Å². The minimum absolute atomic E-state index is 0.107. The van der Waals surface area contributed by atoms with E-state index in [9.17, 15) is 4.79 Å². The molecule has 1 rings (SSSR count). The van der Waals surface area contributed by atoms with Crippen molar-refractivity contribution in [3.05, 3.63) is 29.8 Å². The molecule has 0 unspecified atom stereocenters. The lowest BCUT2D eigenvalue weighted by Gasteiger charge is -2.11. The molecule has 1 aromatic rings. The fourth-order valence-electron chi connectivity index (χ4n) is 1.41. The SMILES string of the molecule is CCc1ccccc1OCNC(=O)NCCC#N. The highest BCUT2D eigenvalue weighted by atomic mass is 16.5. The largest absolute Gasteiger partial charge is 0.473 e. The van der Waals surface area contributed by atoms with E-state index in [1.165, 1.54) is 0 Å². The van der Waals surface area contributed by atoms with Gasteiger partial charge in [-0.3, -0.25) is 0 Å². The van der Waals surface area contributed by atoms with E-state index >= 15 is 0 Å². The van der Waals surface area contributed by atoms with E-state index in [-0.39, 0.29) is 12.8 Å². The molecule has 0 spiro atoms. The highest BCUT2D eigenvalue weighted by Gasteiger charge is 2.02. The molecule has 2 amide bonds. The van der Waals surface area contributed by atoms with Gasteiger partial charge in [0.15, 0.2) is 6.73 Å². The molecule has 5 nitrogen and oxygen atoms in total. The quantitative estimate of drug-likeness (QED) is 0.594. The van der Waals surface area contributed by atoms with Gasteiger partial charge in [-0.25, -0.2) is 4.79 Å². The summed E-state index contributed by atoms with van der Waals surface area (Å²) in [6.07, 6.45) is 1.18. The fourth-order valence-corrected chi connectivity index (χ4v) is 1.41. The number of carbonyl (C=O) groups is 1. The van der Waals surface area contributed by atoms with Crippen LogP contribution in [0.4, 0.5) is 4.79 Å². The van der Waals surface area contributed by atoms with Crippen LogP contribution in [-0.2, 0) is 6.42 Å². The van der Waals surface area contributed by atoms with E-state index < -0.39 is 0 Å². The number of nitrogens with one attached hydrogen (secondary N) is 2. The molecule has 0 aliphatic carbocycles. The molecule has 0 aliphatic rings. The number of aryl methyl sites for hydroxylation is 1. The number of nitriles is 1. The third-order valence-corrected chi connectivity index (χ3v) is 2.34. The standard InChI is InChI=1S/C13H17N3O2/c1-2-11-6-3-4-7-12(11)18-10-16-13(17)15-9-5-8-14/h3-4,6-7H,2,5,9-10H2,1H3,(H2,15,16,17). The fraction of sp³-hybridized carbons (Fsp3) is 0.385. The Morgan fingerprint density at radius 2 is 2.17 bits per heavy atom. The number of urea groups is 1. The Balaban J connectivity index is 2.29. The number of hydrogen-bond donors (Lipinski definition) is 2. The Morgan fingerprint density at radius 1 is 1.39 bits per heavy atom. The molecular formula is C13H17N3O2. The zero-order valence-corrected chi connectivity index (χ0v) is 10.4. The van der Waals surface area contributed by atoms with Gasteiger partial charge < -0.3 is 15.4 Å². The van der Waals surface area contributed by atoms with Gasteiger partial charge in [0.1, 0.15) is 5.75 Å². The summed E-state index contributed by atoms with van der Waals surface area (Å²) in [6, 6.07) is 9.31. The van der Waals surface area contributed by atoms with Crippen molar-refractivity contribution in [2.24, 2.45) is 0 Å². The number of benzene rings is 1. The highest BCUT2D eigenvalue weighted by molar-refractivity contribution is 5.73. The number of amides is 2. The van der Waals surface area contributed by atoms with Crippen LogP contribution in [0.3, 0.4) is 0 Å². The molecule has 0 radical (unpaired) electrons. The van der Waals surface area contributed by atoms with E-state index in [0.29, 0.717) is 13.0 Å². The van der Waals surface area contributed by atoms with Gasteiger partial charge in [0, 0.05) is 6.54 Å². The maximum Gasteiger partial charge on any atom is 0.317 e. The first-order valence-corrected chi connectivity index (χ1v) is 5.87. The Bertz CT molecular complexity index is 426. The van der Waals surface area contributed by atoms with Gasteiger partial charge in [-0.05, 0) is 18.1 Å². The summed E-state index contributed by atoms with van der Waals surface area (Å²) in [5, 5.41) is 13.4. The van der Waals surface area contributed by atoms with Crippen LogP contribution in [0.5, 0.6) is 5.75 Å². The summed E-state index contributed by atoms with van der Waals surface area (Å²) in [7, 11) is 0. The molecule has 18 heavy (non-hydrogen) atoms. The van der Waals surface area contributed by atoms with Crippen LogP contribution in [-0.4, -0.2) is 19.3 Å². The first kappa shape index (κ1) is 13.8. The van der Waals surface area contributed by atoms with Gasteiger partial charge in [0.2, 0.25) is 0 Å². The number of rotatable bonds is 6. The molecule has 0 atom stereocenters. The summed E-state index contributed by atoms with van der Waals surface area (Å²) in [5.74, 6) is 0.775. The lowest BCUT2D eigenvalue weighted by molar-refractivity contribution is 0.224. The molecule has 5 heteroatoms. The highest BCUT2D eigenvalue weighted by Crippen LogP contribution is 2.17. The monoisotopic (exact) mass is 247 g/mol. The minimum atomic E-state index is -0.334. The van der Waals surface area contributed by atoms with Crippen molar-refractivity contribution in [3.8, 4) is 11.8 Å². The number of ether oxygens (including phenoxy) is 1. The molecule has 2 N–H and O–H groups in total. The van der Waals surface area contributed by atoms with E-state index in [0.717, 1.165) is 17.7 Å². The summed E-state index contributed by atoms with van der Waals surface area (Å²) in [6.45, 7) is 2.49. The van der Waals surface area contributed by atoms with Crippen molar-refractivity contribution in [1.29, 1.82) is 5.26 Å². The lowest BCUT2D eigenvalue weighted by atomic mass is 10.1. The second-order valence-electron chi connectivity index (χ2n) is 3.59. The van der Waals surface area contributed by atoms with Gasteiger partial charge in [0.05, 0.1) is 12.5 Å². The second-order valence-corrected chi connectivity index (χ2v) is 3.59. The number of para-hydroxylation sites is 1. The van der Waals surface area contributed by atoms with Crippen molar-refractivity contribution < 1.29 is 9.53 Å². The Labute approximate surface area is 107 Å². The first-order valence-electron chi connectivity index (χ1n) is 5.87. The summed E-state index contributed by atoms with van der Waals surface area (Å²) in [4.78, 5) is 11.3. The molecule has 1 aromatic carbocycles. The average Bonchev–Trinajstić information content (AvgIpc) is 2.39. The molecule has 0 aliphatic heterocycles. The van der Waals surface area contributed by atoms with Crippen molar-refractivity contribution in [2.75, 3.05) is 13.3 Å². The summed E-state index contributed by atoms with van der Waals surface area (Å²) < 4.78 is 5.47. The molecular weight excluding hydrogens is 230 g/mol. The molecule has 0 fully saturated rings. The van der Waals surface area contributed by atoms with Crippen molar-refractivity contribution in [3.63, 3.8) is 0 Å². The summed E-state index contributed by atoms with van der Waals surface area (Å²) in [5.41, 5.74) is 1.10. The summed E-state index contributed by atoms with van der Waals surface area (Å²) >= 11 is 0. The zero-order chi connectivity index (χ0) is 13.2.